The highest BCUT2D eigenvalue weighted by Gasteiger charge is 2.48. The molecule has 0 radical (unpaired) electrons. The zero-order valence-electron chi connectivity index (χ0n) is 16.6. The summed E-state index contributed by atoms with van der Waals surface area (Å²) < 4.78 is 24.9. The first-order valence-electron chi connectivity index (χ1n) is 8.63. The fraction of sp³-hybridized carbons (Fsp3) is 0.333. The minimum atomic E-state index is -1.26. The maximum absolute atomic E-state index is 14.0. The van der Waals surface area contributed by atoms with Gasteiger partial charge in [0.1, 0.15) is 17.5 Å². The largest absolute Gasteiger partial charge is 0.481 e. The van der Waals surface area contributed by atoms with Crippen LogP contribution in [0.2, 0.25) is 0 Å². The van der Waals surface area contributed by atoms with E-state index in [9.17, 15) is 14.4 Å². The molecule has 1 heterocycles. The van der Waals surface area contributed by atoms with Crippen LogP contribution in [0.15, 0.2) is 47.8 Å². The van der Waals surface area contributed by atoms with Crippen molar-refractivity contribution >= 4 is 28.3 Å². The van der Waals surface area contributed by atoms with Crippen LogP contribution >= 0.6 is 11.6 Å². The van der Waals surface area contributed by atoms with Gasteiger partial charge >= 0.3 is 0 Å². The van der Waals surface area contributed by atoms with Crippen LogP contribution in [0.25, 0.3) is 5.03 Å². The van der Waals surface area contributed by atoms with Gasteiger partial charge < -0.3 is 9.47 Å². The number of rotatable bonds is 5. The third kappa shape index (κ3) is 4.44. The number of hydrogen-bond acceptors (Lipinski definition) is 6. The second-order valence-corrected chi connectivity index (χ2v) is 7.46. The predicted octanol–water partition coefficient (Wildman–Crippen LogP) is 4.28. The second kappa shape index (κ2) is 8.68. The summed E-state index contributed by atoms with van der Waals surface area (Å²) in [6.07, 6.45) is 5.30. The molecule has 0 saturated carbocycles. The Morgan fingerprint density at radius 2 is 2.17 bits per heavy atom. The topological polar surface area (TPSA) is 84.6 Å². The average molecular weight is 418 g/mol. The van der Waals surface area contributed by atoms with Gasteiger partial charge in [-0.15, -0.1) is 0 Å². The van der Waals surface area contributed by atoms with E-state index < -0.39 is 16.8 Å². The van der Waals surface area contributed by atoms with Crippen molar-refractivity contribution in [3.05, 3.63) is 59.8 Å². The molecule has 0 amide bonds. The molecule has 1 atom stereocenters. The normalized spacial score (nSPS) is 22.0. The van der Waals surface area contributed by atoms with E-state index in [0.29, 0.717) is 0 Å². The molecule has 1 aromatic heterocycles. The molecule has 1 unspecified atom stereocenters. The number of allylic oxidation sites excluding steroid dienone is 1. The van der Waals surface area contributed by atoms with Crippen molar-refractivity contribution in [2.45, 2.75) is 25.9 Å². The van der Waals surface area contributed by atoms with Crippen LogP contribution in [0.1, 0.15) is 31.5 Å². The van der Waals surface area contributed by atoms with Crippen molar-refractivity contribution in [3.63, 3.8) is 0 Å². The Morgan fingerprint density at radius 3 is 2.72 bits per heavy atom. The lowest BCUT2D eigenvalue weighted by Crippen LogP contribution is -2.43. The zero-order chi connectivity index (χ0) is 21.8. The van der Waals surface area contributed by atoms with Crippen LogP contribution < -0.4 is 0 Å². The highest BCUT2D eigenvalue weighted by molar-refractivity contribution is 6.50. The van der Waals surface area contributed by atoms with Crippen LogP contribution in [0.5, 0.6) is 0 Å². The number of nitrogens with zero attached hydrogens (tertiary/aromatic N) is 3. The van der Waals surface area contributed by atoms with Gasteiger partial charge in [-0.05, 0) is 18.6 Å². The summed E-state index contributed by atoms with van der Waals surface area (Å²) in [7, 11) is 2.84. The van der Waals surface area contributed by atoms with Crippen molar-refractivity contribution in [2.75, 3.05) is 14.2 Å². The summed E-state index contributed by atoms with van der Waals surface area (Å²) in [4.78, 5) is 20.7. The molecule has 0 aromatic carbocycles. The lowest BCUT2D eigenvalue weighted by molar-refractivity contribution is -0.128. The lowest BCUT2D eigenvalue weighted by Gasteiger charge is -2.40. The Kier molecular flexibility index (Phi) is 6.73. The molecule has 29 heavy (non-hydrogen) atoms. The first-order chi connectivity index (χ1) is 13.6. The van der Waals surface area contributed by atoms with Gasteiger partial charge in [0.2, 0.25) is 5.90 Å². The van der Waals surface area contributed by atoms with Crippen molar-refractivity contribution in [1.29, 1.82) is 5.26 Å². The molecule has 0 fully saturated rings. The summed E-state index contributed by atoms with van der Waals surface area (Å²) in [5.74, 6) is -0.756. The summed E-state index contributed by atoms with van der Waals surface area (Å²) in [6, 6.07) is 3.12. The summed E-state index contributed by atoms with van der Waals surface area (Å²) >= 11 is 6.45. The molecule has 152 valence electrons. The van der Waals surface area contributed by atoms with E-state index in [1.165, 1.54) is 38.6 Å². The minimum Gasteiger partial charge on any atom is -0.481 e. The summed E-state index contributed by atoms with van der Waals surface area (Å²) in [6.45, 7) is 6.93. The fourth-order valence-electron chi connectivity index (χ4n) is 3.30. The third-order valence-corrected chi connectivity index (χ3v) is 4.93. The van der Waals surface area contributed by atoms with Crippen LogP contribution in [0, 0.1) is 22.6 Å². The third-order valence-electron chi connectivity index (χ3n) is 4.62. The maximum Gasteiger partial charge on any atom is 0.214 e. The number of aliphatic imine (C=N–C) groups is 1. The van der Waals surface area contributed by atoms with Gasteiger partial charge in [0.25, 0.3) is 0 Å². The number of pyridine rings is 1. The number of hydrogen-bond donors (Lipinski definition) is 0. The Morgan fingerprint density at radius 1 is 1.48 bits per heavy atom. The first-order valence-corrected chi connectivity index (χ1v) is 9.01. The Bertz CT molecular complexity index is 976. The quantitative estimate of drug-likeness (QED) is 0.527. The zero-order valence-corrected chi connectivity index (χ0v) is 17.4. The number of nitriles is 1. The molecule has 1 aliphatic rings. The van der Waals surface area contributed by atoms with Gasteiger partial charge in [-0.25, -0.2) is 9.38 Å². The van der Waals surface area contributed by atoms with E-state index in [0.717, 1.165) is 6.20 Å². The van der Waals surface area contributed by atoms with Gasteiger partial charge in [-0.3, -0.25) is 9.78 Å². The smallest absolute Gasteiger partial charge is 0.214 e. The Labute approximate surface area is 174 Å². The van der Waals surface area contributed by atoms with Crippen LogP contribution in [-0.4, -0.2) is 30.9 Å². The van der Waals surface area contributed by atoms with Crippen molar-refractivity contribution < 1.29 is 18.7 Å². The molecule has 0 N–H and O–H groups in total. The highest BCUT2D eigenvalue weighted by atomic mass is 35.5. The van der Waals surface area contributed by atoms with Crippen molar-refractivity contribution in [2.24, 2.45) is 10.4 Å². The first kappa shape index (κ1) is 22.5. The second-order valence-electron chi connectivity index (χ2n) is 7.05. The molecule has 1 aliphatic carbocycles. The monoisotopic (exact) mass is 417 g/mol. The van der Waals surface area contributed by atoms with E-state index in [1.54, 1.807) is 13.8 Å². The molecule has 0 saturated heterocycles. The lowest BCUT2D eigenvalue weighted by atomic mass is 9.68. The fourth-order valence-corrected chi connectivity index (χ4v) is 3.53. The minimum absolute atomic E-state index is 0.0499. The molecule has 6 nitrogen and oxygen atoms in total. The summed E-state index contributed by atoms with van der Waals surface area (Å²) in [5.41, 5.74) is -1.72. The Balaban J connectivity index is 2.77. The number of aromatic nitrogens is 1. The number of methoxy groups -OCH3 is 2. The van der Waals surface area contributed by atoms with E-state index in [-0.39, 0.29) is 40.0 Å². The standard InChI is InChI=1S/C21H21ClFN3O3/c1-6-25-17(28-4)8-16(22)15-7-14(23)11-26-18(15)21(29-5)9-13(10-24)19(27)20(2,3)12-21/h6-9,11H,1,12H2,2-5H3/b16-8-,25-17?. The van der Waals surface area contributed by atoms with Gasteiger partial charge in [0.15, 0.2) is 5.78 Å². The van der Waals surface area contributed by atoms with Crippen molar-refractivity contribution in [1.82, 2.24) is 4.98 Å². The van der Waals surface area contributed by atoms with Crippen molar-refractivity contribution in [3.8, 4) is 6.07 Å². The van der Waals surface area contributed by atoms with Crippen LogP contribution in [0.4, 0.5) is 4.39 Å². The molecular weight excluding hydrogens is 397 g/mol. The molecule has 0 spiro atoms. The van der Waals surface area contributed by atoms with Gasteiger partial charge in [0.05, 0.1) is 29.6 Å². The number of carbonyl (C=O) groups excluding carboxylic acids is 1. The highest BCUT2D eigenvalue weighted by Crippen LogP contribution is 2.46. The van der Waals surface area contributed by atoms with Gasteiger partial charge in [-0.2, -0.15) is 5.26 Å². The average Bonchev–Trinajstić information content (AvgIpc) is 2.69. The van der Waals surface area contributed by atoms with E-state index in [1.807, 2.05) is 6.07 Å². The molecule has 0 bridgehead atoms. The van der Waals surface area contributed by atoms with E-state index >= 15 is 0 Å². The van der Waals surface area contributed by atoms with Crippen LogP contribution in [-0.2, 0) is 19.9 Å². The number of carbonyl (C=O) groups is 1. The number of ketones is 1. The molecule has 8 heteroatoms. The predicted molar refractivity (Wildman–Crippen MR) is 108 cm³/mol. The van der Waals surface area contributed by atoms with Gasteiger partial charge in [-0.1, -0.05) is 32.0 Å². The van der Waals surface area contributed by atoms with E-state index in [2.05, 4.69) is 16.6 Å². The van der Waals surface area contributed by atoms with E-state index in [4.69, 9.17) is 21.1 Å². The Hall–Kier alpha value is -2.82. The molecular formula is C21H21ClFN3O3. The number of Topliss-reactive ketones (excluding diaryl/α,β-unsaturated/α-hetero) is 1. The number of ether oxygens (including phenoxy) is 2. The SMILES string of the molecule is C=CN=C(/C=C(\Cl)c1cc(F)cnc1C1(OC)C=C(C#N)C(=O)C(C)(C)C1)OC. The molecule has 0 aliphatic heterocycles. The maximum atomic E-state index is 14.0. The van der Waals surface area contributed by atoms with Crippen LogP contribution in [0.3, 0.4) is 0 Å². The molecule has 2 rings (SSSR count). The number of halogens is 2. The molecule has 1 aromatic rings. The van der Waals surface area contributed by atoms with Gasteiger partial charge in [0, 0.05) is 30.4 Å². The summed E-state index contributed by atoms with van der Waals surface area (Å²) in [5, 5.41) is 9.54.